The van der Waals surface area contributed by atoms with Gasteiger partial charge in [0.2, 0.25) is 0 Å². The van der Waals surface area contributed by atoms with Crippen LogP contribution in [0.3, 0.4) is 0 Å². The van der Waals surface area contributed by atoms with Gasteiger partial charge < -0.3 is 4.90 Å². The lowest BCUT2D eigenvalue weighted by Gasteiger charge is -2.39. The summed E-state index contributed by atoms with van der Waals surface area (Å²) in [6.07, 6.45) is 0.984. The number of benzene rings is 2. The van der Waals surface area contributed by atoms with Crippen molar-refractivity contribution in [1.82, 2.24) is 9.32 Å². The van der Waals surface area contributed by atoms with E-state index in [0.717, 1.165) is 36.2 Å². The van der Waals surface area contributed by atoms with Crippen molar-refractivity contribution in [3.8, 4) is 0 Å². The van der Waals surface area contributed by atoms with Crippen LogP contribution < -0.4 is 0 Å². The summed E-state index contributed by atoms with van der Waals surface area (Å²) in [6.45, 7) is 6.38. The molecule has 0 radical (unpaired) electrons. The first-order valence-corrected chi connectivity index (χ1v) is 9.31. The molecule has 4 heteroatoms. The number of carbonyl (C=O) groups is 1. The fourth-order valence-electron chi connectivity index (χ4n) is 4.30. The first-order valence-electron chi connectivity index (χ1n) is 8.97. The molecule has 2 aliphatic rings. The number of fused-ring (bicyclic) bond motifs is 3. The zero-order chi connectivity index (χ0) is 17.6. The van der Waals surface area contributed by atoms with Gasteiger partial charge in [0.15, 0.2) is 0 Å². The molecule has 3 nitrogen and oxygen atoms in total. The van der Waals surface area contributed by atoms with Gasteiger partial charge in [-0.05, 0) is 47.4 Å². The Bertz CT molecular complexity index is 805. The van der Waals surface area contributed by atoms with Gasteiger partial charge in [0, 0.05) is 31.1 Å². The van der Waals surface area contributed by atoms with Crippen LogP contribution in [-0.4, -0.2) is 34.4 Å². The second kappa shape index (κ2) is 6.47. The number of halogens is 1. The molecule has 4 rings (SSSR count). The van der Waals surface area contributed by atoms with E-state index in [0.29, 0.717) is 12.5 Å². The average molecular weight is 355 g/mol. The molecule has 130 valence electrons. The van der Waals surface area contributed by atoms with Crippen molar-refractivity contribution in [2.45, 2.75) is 38.8 Å². The van der Waals surface area contributed by atoms with Crippen molar-refractivity contribution in [1.29, 1.82) is 0 Å². The van der Waals surface area contributed by atoms with E-state index in [2.05, 4.69) is 38.1 Å². The third-order valence-corrected chi connectivity index (χ3v) is 5.82. The maximum Gasteiger partial charge on any atom is 0.255 e. The Morgan fingerprint density at radius 3 is 2.60 bits per heavy atom. The SMILES string of the molecule is CCc1cc(C)c2c(c1)[C@H]1CN(Cl)C[C@@H]1N(Cc1ccccc1)C2=O. The molecule has 0 aromatic heterocycles. The highest BCUT2D eigenvalue weighted by Crippen LogP contribution is 2.41. The van der Waals surface area contributed by atoms with Crippen molar-refractivity contribution < 1.29 is 4.79 Å². The van der Waals surface area contributed by atoms with Gasteiger partial charge in [-0.15, -0.1) is 0 Å². The zero-order valence-electron chi connectivity index (χ0n) is 14.7. The second-order valence-corrected chi connectivity index (χ2v) is 7.63. The molecule has 0 aliphatic carbocycles. The summed E-state index contributed by atoms with van der Waals surface area (Å²) < 4.78 is 1.84. The fraction of sp³-hybridized carbons (Fsp3) is 0.381. The third kappa shape index (κ3) is 2.86. The predicted molar refractivity (Wildman–Crippen MR) is 101 cm³/mol. The predicted octanol–water partition coefficient (Wildman–Crippen LogP) is 4.14. The lowest BCUT2D eigenvalue weighted by Crippen LogP contribution is -2.47. The van der Waals surface area contributed by atoms with Gasteiger partial charge in [0.05, 0.1) is 6.04 Å². The van der Waals surface area contributed by atoms with Gasteiger partial charge in [-0.3, -0.25) is 4.79 Å². The van der Waals surface area contributed by atoms with Crippen LogP contribution in [-0.2, 0) is 13.0 Å². The highest BCUT2D eigenvalue weighted by Gasteiger charge is 2.45. The van der Waals surface area contributed by atoms with Crippen molar-refractivity contribution in [3.05, 3.63) is 70.3 Å². The van der Waals surface area contributed by atoms with E-state index in [-0.39, 0.29) is 11.9 Å². The largest absolute Gasteiger partial charge is 0.329 e. The van der Waals surface area contributed by atoms with Crippen LogP contribution in [0, 0.1) is 6.92 Å². The highest BCUT2D eigenvalue weighted by molar-refractivity contribution is 6.13. The zero-order valence-corrected chi connectivity index (χ0v) is 15.5. The maximum absolute atomic E-state index is 13.4. The minimum absolute atomic E-state index is 0.143. The second-order valence-electron chi connectivity index (χ2n) is 7.15. The van der Waals surface area contributed by atoms with Gasteiger partial charge in [-0.2, -0.15) is 0 Å². The molecule has 0 bridgehead atoms. The minimum Gasteiger partial charge on any atom is -0.329 e. The Morgan fingerprint density at radius 1 is 1.12 bits per heavy atom. The highest BCUT2D eigenvalue weighted by atomic mass is 35.5. The third-order valence-electron chi connectivity index (χ3n) is 5.55. The molecular formula is C21H23ClN2O. The van der Waals surface area contributed by atoms with Gasteiger partial charge >= 0.3 is 0 Å². The van der Waals surface area contributed by atoms with E-state index in [1.165, 1.54) is 11.1 Å². The monoisotopic (exact) mass is 354 g/mol. The normalized spacial score (nSPS) is 22.8. The number of rotatable bonds is 3. The molecule has 2 heterocycles. The van der Waals surface area contributed by atoms with E-state index in [9.17, 15) is 4.79 Å². The standard InChI is InChI=1S/C21H23ClN2O/c1-3-15-9-14(2)20-17(10-15)18-12-23(22)13-19(18)24(21(20)25)11-16-7-5-4-6-8-16/h4-10,18-19H,3,11-13H2,1-2H3/t18-,19+/m1/s1. The van der Waals surface area contributed by atoms with Gasteiger partial charge in [-0.1, -0.05) is 49.4 Å². The maximum atomic E-state index is 13.4. The average Bonchev–Trinajstić information content (AvgIpc) is 3.00. The van der Waals surface area contributed by atoms with Crippen molar-refractivity contribution in [2.75, 3.05) is 13.1 Å². The molecule has 1 saturated heterocycles. The van der Waals surface area contributed by atoms with E-state index < -0.39 is 0 Å². The molecule has 0 unspecified atom stereocenters. The van der Waals surface area contributed by atoms with Crippen LogP contribution >= 0.6 is 11.8 Å². The quantitative estimate of drug-likeness (QED) is 0.773. The lowest BCUT2D eigenvalue weighted by molar-refractivity contribution is 0.0626. The lowest BCUT2D eigenvalue weighted by atomic mass is 9.81. The van der Waals surface area contributed by atoms with Crippen LogP contribution in [0.5, 0.6) is 0 Å². The van der Waals surface area contributed by atoms with Crippen LogP contribution in [0.25, 0.3) is 0 Å². The summed E-state index contributed by atoms with van der Waals surface area (Å²) in [5, 5.41) is 0. The van der Waals surface area contributed by atoms with Crippen molar-refractivity contribution >= 4 is 17.7 Å². The summed E-state index contributed by atoms with van der Waals surface area (Å²) >= 11 is 6.38. The van der Waals surface area contributed by atoms with Crippen molar-refractivity contribution in [3.63, 3.8) is 0 Å². The van der Waals surface area contributed by atoms with Gasteiger partial charge in [0.1, 0.15) is 0 Å². The molecule has 0 saturated carbocycles. The van der Waals surface area contributed by atoms with Crippen LogP contribution in [0.2, 0.25) is 0 Å². The molecular weight excluding hydrogens is 332 g/mol. The molecule has 25 heavy (non-hydrogen) atoms. The van der Waals surface area contributed by atoms with E-state index in [4.69, 9.17) is 11.8 Å². The molecule has 1 fully saturated rings. The molecule has 2 atom stereocenters. The van der Waals surface area contributed by atoms with Crippen LogP contribution in [0.4, 0.5) is 0 Å². The first kappa shape index (κ1) is 16.6. The Morgan fingerprint density at radius 2 is 1.88 bits per heavy atom. The molecule has 2 aromatic carbocycles. The number of hydrogen-bond donors (Lipinski definition) is 0. The topological polar surface area (TPSA) is 23.6 Å². The van der Waals surface area contributed by atoms with Crippen LogP contribution in [0.15, 0.2) is 42.5 Å². The molecule has 1 amide bonds. The summed E-state index contributed by atoms with van der Waals surface area (Å²) in [5.41, 5.74) is 5.63. The number of hydrogen-bond acceptors (Lipinski definition) is 2. The Hall–Kier alpha value is -1.84. The first-order chi connectivity index (χ1) is 12.1. The number of carbonyl (C=O) groups excluding carboxylic acids is 1. The Labute approximate surface area is 154 Å². The Balaban J connectivity index is 1.79. The van der Waals surface area contributed by atoms with Crippen LogP contribution in [0.1, 0.15) is 45.5 Å². The van der Waals surface area contributed by atoms with E-state index in [1.807, 2.05) is 27.5 Å². The van der Waals surface area contributed by atoms with Crippen molar-refractivity contribution in [2.24, 2.45) is 0 Å². The van der Waals surface area contributed by atoms with Gasteiger partial charge in [-0.25, -0.2) is 4.42 Å². The van der Waals surface area contributed by atoms with Gasteiger partial charge in [0.25, 0.3) is 5.91 Å². The number of amides is 1. The molecule has 0 spiro atoms. The summed E-state index contributed by atoms with van der Waals surface area (Å²) in [6, 6.07) is 14.7. The molecule has 0 N–H and O–H groups in total. The Kier molecular flexibility index (Phi) is 4.30. The van der Waals surface area contributed by atoms with E-state index >= 15 is 0 Å². The number of nitrogens with zero attached hydrogens (tertiary/aromatic N) is 2. The summed E-state index contributed by atoms with van der Waals surface area (Å²) in [5.74, 6) is 0.436. The summed E-state index contributed by atoms with van der Waals surface area (Å²) in [7, 11) is 0. The minimum atomic E-state index is 0.143. The van der Waals surface area contributed by atoms with E-state index in [1.54, 1.807) is 0 Å². The smallest absolute Gasteiger partial charge is 0.255 e. The number of aryl methyl sites for hydroxylation is 2. The fourth-order valence-corrected chi connectivity index (χ4v) is 4.59. The molecule has 2 aliphatic heterocycles. The molecule has 2 aromatic rings. The summed E-state index contributed by atoms with van der Waals surface area (Å²) in [4.78, 5) is 15.4.